The largest absolute Gasteiger partial charge is 0.490 e. The number of hydrogen-bond acceptors (Lipinski definition) is 6. The summed E-state index contributed by atoms with van der Waals surface area (Å²) in [6, 6.07) is 14.6. The van der Waals surface area contributed by atoms with Crippen LogP contribution >= 0.6 is 11.6 Å². The van der Waals surface area contributed by atoms with Crippen LogP contribution in [0.25, 0.3) is 0 Å². The van der Waals surface area contributed by atoms with Crippen LogP contribution in [0.5, 0.6) is 5.75 Å². The molecule has 0 aromatic heterocycles. The van der Waals surface area contributed by atoms with Gasteiger partial charge < -0.3 is 9.47 Å². The van der Waals surface area contributed by atoms with E-state index in [0.717, 1.165) is 0 Å². The molecule has 1 fully saturated rings. The van der Waals surface area contributed by atoms with E-state index in [1.807, 2.05) is 6.07 Å². The van der Waals surface area contributed by atoms with E-state index in [2.05, 4.69) is 0 Å². The number of halogens is 1. The summed E-state index contributed by atoms with van der Waals surface area (Å²) in [4.78, 5) is 12.5. The van der Waals surface area contributed by atoms with Crippen molar-refractivity contribution in [3.63, 3.8) is 0 Å². The third-order valence-corrected chi connectivity index (χ3v) is 6.88. The van der Waals surface area contributed by atoms with Gasteiger partial charge in [0.2, 0.25) is 10.0 Å². The molecule has 0 amide bonds. The molecule has 30 heavy (non-hydrogen) atoms. The van der Waals surface area contributed by atoms with Crippen LogP contribution in [0.1, 0.15) is 18.4 Å². The van der Waals surface area contributed by atoms with Gasteiger partial charge in [-0.3, -0.25) is 4.79 Å². The number of hydrogen-bond donors (Lipinski definition) is 0. The maximum absolute atomic E-state index is 12.8. The minimum Gasteiger partial charge on any atom is -0.490 e. The fourth-order valence-corrected chi connectivity index (χ4v) is 4.80. The molecule has 3 rings (SSSR count). The first-order valence-corrected chi connectivity index (χ1v) is 11.3. The molecule has 1 heterocycles. The summed E-state index contributed by atoms with van der Waals surface area (Å²) >= 11 is 5.83. The van der Waals surface area contributed by atoms with E-state index >= 15 is 0 Å². The highest BCUT2D eigenvalue weighted by molar-refractivity contribution is 7.89. The summed E-state index contributed by atoms with van der Waals surface area (Å²) in [5, 5.41) is 9.23. The van der Waals surface area contributed by atoms with Crippen LogP contribution in [0.4, 0.5) is 0 Å². The van der Waals surface area contributed by atoms with Crippen LogP contribution < -0.4 is 4.74 Å². The van der Waals surface area contributed by atoms with E-state index < -0.39 is 21.9 Å². The molecule has 0 aliphatic carbocycles. The van der Waals surface area contributed by atoms with Crippen LogP contribution in [-0.2, 0) is 19.6 Å². The average molecular weight is 449 g/mol. The summed E-state index contributed by atoms with van der Waals surface area (Å²) in [5.41, 5.74) is 0.532. The van der Waals surface area contributed by atoms with Gasteiger partial charge in [-0.05, 0) is 61.4 Å². The van der Waals surface area contributed by atoms with Gasteiger partial charge in [0.1, 0.15) is 19.0 Å². The molecule has 9 heteroatoms. The summed E-state index contributed by atoms with van der Waals surface area (Å²) in [6.45, 7) is 0.660. The maximum Gasteiger partial charge on any atom is 0.310 e. The molecule has 0 spiro atoms. The Labute approximate surface area is 180 Å². The fraction of sp³-hybridized carbons (Fsp3) is 0.333. The number of piperidine rings is 1. The molecule has 2 aromatic rings. The Kier molecular flexibility index (Phi) is 7.32. The highest BCUT2D eigenvalue weighted by Gasteiger charge is 2.34. The number of esters is 1. The van der Waals surface area contributed by atoms with Gasteiger partial charge in [0.05, 0.1) is 22.4 Å². The normalized spacial score (nSPS) is 17.1. The minimum absolute atomic E-state index is 0.0548. The van der Waals surface area contributed by atoms with Crippen molar-refractivity contribution in [3.05, 3.63) is 59.1 Å². The highest BCUT2D eigenvalue weighted by atomic mass is 35.5. The van der Waals surface area contributed by atoms with Crippen molar-refractivity contribution in [2.45, 2.75) is 17.7 Å². The van der Waals surface area contributed by atoms with E-state index in [4.69, 9.17) is 26.3 Å². The second-order valence-corrected chi connectivity index (χ2v) is 9.18. The van der Waals surface area contributed by atoms with Crippen molar-refractivity contribution in [1.29, 1.82) is 5.26 Å². The topological polar surface area (TPSA) is 96.7 Å². The zero-order chi connectivity index (χ0) is 21.6. The number of nitriles is 1. The van der Waals surface area contributed by atoms with Crippen molar-refractivity contribution >= 4 is 27.6 Å². The molecule has 0 saturated carbocycles. The predicted octanol–water partition coefficient (Wildman–Crippen LogP) is 3.23. The molecular weight excluding hydrogens is 428 g/mol. The summed E-state index contributed by atoms with van der Waals surface area (Å²) in [6.07, 6.45) is 1.15. The van der Waals surface area contributed by atoms with Crippen LogP contribution in [0.15, 0.2) is 53.4 Å². The van der Waals surface area contributed by atoms with Crippen LogP contribution in [0.2, 0.25) is 5.02 Å². The van der Waals surface area contributed by atoms with Gasteiger partial charge in [-0.1, -0.05) is 11.6 Å². The first kappa shape index (κ1) is 22.1. The van der Waals surface area contributed by atoms with Gasteiger partial charge >= 0.3 is 5.97 Å². The van der Waals surface area contributed by atoms with Crippen molar-refractivity contribution in [1.82, 2.24) is 4.31 Å². The number of carbonyl (C=O) groups excluding carboxylic acids is 1. The molecule has 0 bridgehead atoms. The monoisotopic (exact) mass is 448 g/mol. The molecule has 1 atom stereocenters. The van der Waals surface area contributed by atoms with Crippen molar-refractivity contribution in [3.8, 4) is 11.8 Å². The Morgan fingerprint density at radius 3 is 2.50 bits per heavy atom. The highest BCUT2D eigenvalue weighted by Crippen LogP contribution is 2.25. The zero-order valence-electron chi connectivity index (χ0n) is 16.2. The lowest BCUT2D eigenvalue weighted by molar-refractivity contribution is -0.150. The van der Waals surface area contributed by atoms with Gasteiger partial charge in [-0.15, -0.1) is 0 Å². The maximum atomic E-state index is 12.8. The number of carbonyl (C=O) groups is 1. The van der Waals surface area contributed by atoms with Crippen LogP contribution in [-0.4, -0.2) is 45.0 Å². The quantitative estimate of drug-likeness (QED) is 0.476. The molecule has 2 aromatic carbocycles. The smallest absolute Gasteiger partial charge is 0.310 e. The standard InChI is InChI=1S/C21H21ClN2O5S/c22-18-5-9-20(10-6-18)30(26,27)24-11-1-2-17(15-24)21(25)29-13-12-28-19-7-3-16(14-23)4-8-19/h3-10,17H,1-2,11-13,15H2/t17-/m1/s1. The summed E-state index contributed by atoms with van der Waals surface area (Å²) < 4.78 is 37.7. The Hall–Kier alpha value is -2.60. The Bertz CT molecular complexity index is 1020. The third-order valence-electron chi connectivity index (χ3n) is 4.75. The second-order valence-electron chi connectivity index (χ2n) is 6.81. The van der Waals surface area contributed by atoms with Crippen LogP contribution in [0, 0.1) is 17.2 Å². The third kappa shape index (κ3) is 5.51. The first-order chi connectivity index (χ1) is 14.4. The Balaban J connectivity index is 1.50. The van der Waals surface area contributed by atoms with Crippen molar-refractivity contribution in [2.24, 2.45) is 5.92 Å². The van der Waals surface area contributed by atoms with Gasteiger partial charge in [0.15, 0.2) is 0 Å². The molecule has 1 saturated heterocycles. The van der Waals surface area contributed by atoms with Gasteiger partial charge in [-0.2, -0.15) is 9.57 Å². The molecule has 0 unspecified atom stereocenters. The molecule has 7 nitrogen and oxygen atoms in total. The lowest BCUT2D eigenvalue weighted by Crippen LogP contribution is -2.42. The summed E-state index contributed by atoms with van der Waals surface area (Å²) in [7, 11) is -3.69. The number of sulfonamides is 1. The van der Waals surface area contributed by atoms with Crippen molar-refractivity contribution < 1.29 is 22.7 Å². The average Bonchev–Trinajstić information content (AvgIpc) is 2.77. The Morgan fingerprint density at radius 2 is 1.83 bits per heavy atom. The van der Waals surface area contributed by atoms with Gasteiger partial charge in [0, 0.05) is 18.1 Å². The van der Waals surface area contributed by atoms with E-state index in [1.165, 1.54) is 28.6 Å². The predicted molar refractivity (Wildman–Crippen MR) is 111 cm³/mol. The molecule has 1 aliphatic heterocycles. The van der Waals surface area contributed by atoms with Gasteiger partial charge in [0.25, 0.3) is 0 Å². The van der Waals surface area contributed by atoms with Gasteiger partial charge in [-0.25, -0.2) is 8.42 Å². The lowest BCUT2D eigenvalue weighted by atomic mass is 10.0. The fourth-order valence-electron chi connectivity index (χ4n) is 3.15. The van der Waals surface area contributed by atoms with E-state index in [0.29, 0.717) is 35.7 Å². The van der Waals surface area contributed by atoms with E-state index in [9.17, 15) is 13.2 Å². The zero-order valence-corrected chi connectivity index (χ0v) is 17.7. The minimum atomic E-state index is -3.69. The molecule has 0 radical (unpaired) electrons. The Morgan fingerprint density at radius 1 is 1.13 bits per heavy atom. The van der Waals surface area contributed by atoms with Crippen LogP contribution in [0.3, 0.4) is 0 Å². The number of ether oxygens (including phenoxy) is 2. The molecule has 1 aliphatic rings. The number of nitrogens with zero attached hydrogens (tertiary/aromatic N) is 2. The molecular formula is C21H21ClN2O5S. The van der Waals surface area contributed by atoms with E-state index in [1.54, 1.807) is 24.3 Å². The number of rotatable bonds is 7. The lowest BCUT2D eigenvalue weighted by Gasteiger charge is -2.30. The molecule has 158 valence electrons. The van der Waals surface area contributed by atoms with E-state index in [-0.39, 0.29) is 24.7 Å². The molecule has 0 N–H and O–H groups in total. The number of benzene rings is 2. The SMILES string of the molecule is N#Cc1ccc(OCCOC(=O)[C@@H]2CCCN(S(=O)(=O)c3ccc(Cl)cc3)C2)cc1. The first-order valence-electron chi connectivity index (χ1n) is 9.45. The van der Waals surface area contributed by atoms with Crippen molar-refractivity contribution in [2.75, 3.05) is 26.3 Å². The summed E-state index contributed by atoms with van der Waals surface area (Å²) in [5.74, 6) is -0.381. The second kappa shape index (κ2) is 9.94.